The van der Waals surface area contributed by atoms with E-state index in [9.17, 15) is 38.4 Å². The molecule has 0 aromatic heterocycles. The Kier molecular flexibility index (Phi) is 18.9. The number of hydrogen-bond acceptors (Lipinski definition) is 8. The van der Waals surface area contributed by atoms with Crippen molar-refractivity contribution in [1.29, 1.82) is 0 Å². The smallest absolute Gasteiger partial charge is 0.407 e. The molecular formula is C43H65N6O9P. The fourth-order valence-electron chi connectivity index (χ4n) is 6.95. The summed E-state index contributed by atoms with van der Waals surface area (Å²) in [7, 11) is -2.35. The summed E-state index contributed by atoms with van der Waals surface area (Å²) in [5.41, 5.74) is 0.798. The summed E-state index contributed by atoms with van der Waals surface area (Å²) in [6.07, 6.45) is 0.772. The van der Waals surface area contributed by atoms with Crippen molar-refractivity contribution in [1.82, 2.24) is 31.5 Å². The second-order valence-corrected chi connectivity index (χ2v) is 20.7. The van der Waals surface area contributed by atoms with Crippen LogP contribution in [0.25, 0.3) is 0 Å². The molecule has 1 saturated heterocycles. The molecule has 1 fully saturated rings. The van der Waals surface area contributed by atoms with Gasteiger partial charge >= 0.3 is 12.2 Å². The van der Waals surface area contributed by atoms with Crippen molar-refractivity contribution < 1.29 is 43.2 Å². The molecule has 2 aromatic rings. The van der Waals surface area contributed by atoms with Gasteiger partial charge in [0.25, 0.3) is 0 Å². The van der Waals surface area contributed by atoms with Gasteiger partial charge in [0.2, 0.25) is 23.6 Å². The largest absolute Gasteiger partial charge is 0.465 e. The van der Waals surface area contributed by atoms with Crippen molar-refractivity contribution in [3.63, 3.8) is 0 Å². The third-order valence-corrected chi connectivity index (χ3v) is 12.3. The quantitative estimate of drug-likeness (QED) is 0.0788. The van der Waals surface area contributed by atoms with Gasteiger partial charge in [0, 0.05) is 38.1 Å². The monoisotopic (exact) mass is 840 g/mol. The summed E-state index contributed by atoms with van der Waals surface area (Å²) < 4.78 is 18.1. The van der Waals surface area contributed by atoms with Crippen molar-refractivity contribution in [2.45, 2.75) is 121 Å². The molecule has 0 spiro atoms. The molecule has 0 aliphatic carbocycles. The van der Waals surface area contributed by atoms with Gasteiger partial charge < -0.3 is 45.9 Å². The van der Waals surface area contributed by atoms with E-state index in [0.29, 0.717) is 50.9 Å². The minimum absolute atomic E-state index is 0.0157. The number of nitrogens with one attached hydrogen (secondary N) is 5. The van der Waals surface area contributed by atoms with Gasteiger partial charge in [-0.25, -0.2) is 9.59 Å². The average molecular weight is 841 g/mol. The van der Waals surface area contributed by atoms with Crippen LogP contribution in [0.1, 0.15) is 84.3 Å². The highest BCUT2D eigenvalue weighted by Gasteiger charge is 2.35. The van der Waals surface area contributed by atoms with E-state index in [-0.39, 0.29) is 43.2 Å². The number of carbonyl (C=O) groups is 6. The Bertz CT molecular complexity index is 1740. The molecule has 0 saturated carbocycles. The lowest BCUT2D eigenvalue weighted by atomic mass is 9.99. The molecule has 2 aromatic carbocycles. The van der Waals surface area contributed by atoms with Crippen LogP contribution >= 0.6 is 7.14 Å². The molecule has 0 unspecified atom stereocenters. The number of likely N-dealkylation sites (tertiary alicyclic amines) is 1. The van der Waals surface area contributed by atoms with Crippen LogP contribution in [-0.2, 0) is 41.3 Å². The third kappa shape index (κ3) is 17.9. The number of nitrogens with zero attached hydrogens (tertiary/aromatic N) is 1. The number of carboxylic acid groups (broad SMARTS) is 1. The molecule has 1 aliphatic rings. The Labute approximate surface area is 348 Å². The van der Waals surface area contributed by atoms with Crippen molar-refractivity contribution in [2.75, 3.05) is 33.0 Å². The normalized spacial score (nSPS) is 15.6. The van der Waals surface area contributed by atoms with Crippen molar-refractivity contribution >= 4 is 43.0 Å². The van der Waals surface area contributed by atoms with E-state index < -0.39 is 66.8 Å². The fourth-order valence-corrected chi connectivity index (χ4v) is 8.43. The van der Waals surface area contributed by atoms with E-state index in [1.165, 1.54) is 0 Å². The van der Waals surface area contributed by atoms with Gasteiger partial charge in [-0.15, -0.1) is 0 Å². The van der Waals surface area contributed by atoms with Crippen molar-refractivity contribution in [3.05, 3.63) is 71.8 Å². The first-order valence-electron chi connectivity index (χ1n) is 20.5. The number of hydrogen-bond donors (Lipinski definition) is 6. The van der Waals surface area contributed by atoms with Gasteiger partial charge in [-0.1, -0.05) is 74.5 Å². The van der Waals surface area contributed by atoms with Gasteiger partial charge in [-0.05, 0) is 89.7 Å². The zero-order valence-corrected chi connectivity index (χ0v) is 36.5. The second kappa shape index (κ2) is 23.0. The van der Waals surface area contributed by atoms with E-state index in [0.717, 1.165) is 5.56 Å². The average Bonchev–Trinajstić information content (AvgIpc) is 3.15. The van der Waals surface area contributed by atoms with Gasteiger partial charge in [-0.3, -0.25) is 19.2 Å². The summed E-state index contributed by atoms with van der Waals surface area (Å²) in [6.45, 7) is 13.7. The van der Waals surface area contributed by atoms with Gasteiger partial charge in [-0.2, -0.15) is 0 Å². The molecule has 1 heterocycles. The van der Waals surface area contributed by atoms with Crippen LogP contribution in [0.3, 0.4) is 0 Å². The zero-order chi connectivity index (χ0) is 43.8. The number of benzene rings is 2. The SMILES string of the molecule is CC(C)C[C@@H](NC(=O)[C@@H](Cc1ccccc1)NC(=O)[C@@H](Cc1ccccc1)NC(=O)O)C(=O)N[C@H](CCCCNC(=O)OC(C)(C)C)C(=O)N1CCC(P(C)(C)=O)CC1. The lowest BCUT2D eigenvalue weighted by Gasteiger charge is -2.36. The van der Waals surface area contributed by atoms with E-state index >= 15 is 0 Å². The molecule has 4 atom stereocenters. The number of unbranched alkanes of at least 4 members (excludes halogenated alkanes) is 1. The predicted molar refractivity (Wildman–Crippen MR) is 228 cm³/mol. The Hall–Kier alpha value is -4.91. The molecule has 3 rings (SSSR count). The van der Waals surface area contributed by atoms with Gasteiger partial charge in [0.05, 0.1) is 7.14 Å². The van der Waals surface area contributed by atoms with E-state index in [1.807, 2.05) is 19.9 Å². The van der Waals surface area contributed by atoms with Crippen LogP contribution in [0.15, 0.2) is 60.7 Å². The van der Waals surface area contributed by atoms with Crippen molar-refractivity contribution in [2.24, 2.45) is 5.92 Å². The number of carbonyl (C=O) groups excluding carboxylic acids is 5. The van der Waals surface area contributed by atoms with E-state index in [4.69, 9.17) is 4.74 Å². The zero-order valence-electron chi connectivity index (χ0n) is 35.6. The number of piperidine rings is 1. The number of rotatable bonds is 20. The highest BCUT2D eigenvalue weighted by Crippen LogP contribution is 2.47. The van der Waals surface area contributed by atoms with Crippen LogP contribution in [0.5, 0.6) is 0 Å². The second-order valence-electron chi connectivity index (χ2n) is 17.1. The van der Waals surface area contributed by atoms with Gasteiger partial charge in [0.1, 0.15) is 29.8 Å². The lowest BCUT2D eigenvalue weighted by molar-refractivity contribution is -0.138. The number of ether oxygens (including phenoxy) is 1. The summed E-state index contributed by atoms with van der Waals surface area (Å²) >= 11 is 0. The third-order valence-electron chi connectivity index (χ3n) is 10.0. The molecule has 15 nitrogen and oxygen atoms in total. The number of alkyl carbamates (subject to hydrolysis) is 1. The maximum absolute atomic E-state index is 14.2. The molecule has 0 radical (unpaired) electrons. The molecular weight excluding hydrogens is 775 g/mol. The Morgan fingerprint density at radius 2 is 1.22 bits per heavy atom. The molecule has 0 bridgehead atoms. The highest BCUT2D eigenvalue weighted by molar-refractivity contribution is 7.63. The molecule has 1 aliphatic heterocycles. The summed E-state index contributed by atoms with van der Waals surface area (Å²) in [4.78, 5) is 81.7. The minimum atomic E-state index is -2.35. The van der Waals surface area contributed by atoms with Crippen LogP contribution in [0.4, 0.5) is 9.59 Å². The van der Waals surface area contributed by atoms with Crippen LogP contribution in [0.2, 0.25) is 0 Å². The van der Waals surface area contributed by atoms with E-state index in [1.54, 1.807) is 93.6 Å². The van der Waals surface area contributed by atoms with Crippen LogP contribution < -0.4 is 26.6 Å². The molecule has 16 heteroatoms. The standard InChI is InChI=1S/C43H65N6O9P/c1-29(2)26-34(46-38(51)35(27-30-16-10-8-11-17-30)47-39(52)36(48-41(54)55)28-31-18-12-9-13-19-31)37(50)45-33(20-14-15-23-44-42(56)58-43(3,4)5)40(53)49-24-21-32(22-25-49)59(6,7)57/h8-13,16-19,29,32-36,48H,14-15,20-28H2,1-7H3,(H,44,56)(H,45,50)(H,46,51)(H,47,52)(H,54,55)/t33-,34-,35-,36-/m1/s1. The van der Waals surface area contributed by atoms with E-state index in [2.05, 4.69) is 26.6 Å². The Balaban J connectivity index is 1.82. The lowest BCUT2D eigenvalue weighted by Crippen LogP contribution is -2.59. The molecule has 326 valence electrons. The maximum Gasteiger partial charge on any atom is 0.407 e. The first kappa shape index (κ1) is 48.5. The molecule has 6 amide bonds. The first-order valence-corrected chi connectivity index (χ1v) is 23.2. The fraction of sp³-hybridized carbons (Fsp3) is 0.581. The minimum Gasteiger partial charge on any atom is -0.465 e. The summed E-state index contributed by atoms with van der Waals surface area (Å²) in [5, 5.41) is 23.0. The van der Waals surface area contributed by atoms with Crippen LogP contribution in [-0.4, -0.2) is 114 Å². The topological polar surface area (TPSA) is 212 Å². The molecule has 59 heavy (non-hydrogen) atoms. The Morgan fingerprint density at radius 1 is 0.746 bits per heavy atom. The summed E-state index contributed by atoms with van der Waals surface area (Å²) in [6, 6.07) is 13.4. The van der Waals surface area contributed by atoms with Crippen molar-refractivity contribution in [3.8, 4) is 0 Å². The van der Waals surface area contributed by atoms with Gasteiger partial charge in [0.15, 0.2) is 0 Å². The first-order chi connectivity index (χ1) is 27.7. The highest BCUT2D eigenvalue weighted by atomic mass is 31.2. The summed E-state index contributed by atoms with van der Waals surface area (Å²) in [5.74, 6) is -2.28. The number of amides is 6. The maximum atomic E-state index is 14.2. The van der Waals surface area contributed by atoms with Crippen LogP contribution in [0, 0.1) is 5.92 Å². The Morgan fingerprint density at radius 3 is 1.69 bits per heavy atom. The predicted octanol–water partition coefficient (Wildman–Crippen LogP) is 4.92. The molecule has 6 N–H and O–H groups in total.